The summed E-state index contributed by atoms with van der Waals surface area (Å²) in [6.07, 6.45) is 0.329. The fourth-order valence-corrected chi connectivity index (χ4v) is 2.63. The van der Waals surface area contributed by atoms with E-state index in [0.29, 0.717) is 34.9 Å². The molecule has 1 aromatic heterocycles. The first kappa shape index (κ1) is 19.4. The second-order valence-corrected chi connectivity index (χ2v) is 7.73. The van der Waals surface area contributed by atoms with Gasteiger partial charge in [-0.3, -0.25) is 4.79 Å². The summed E-state index contributed by atoms with van der Waals surface area (Å²) < 4.78 is 5.42. The van der Waals surface area contributed by atoms with Crippen LogP contribution in [0.25, 0.3) is 22.8 Å². The number of hydrogen-bond acceptors (Lipinski definition) is 7. The van der Waals surface area contributed by atoms with Crippen LogP contribution in [0.3, 0.4) is 0 Å². The number of hydrogen-bond donors (Lipinski definition) is 1. The van der Waals surface area contributed by atoms with Crippen LogP contribution in [0.1, 0.15) is 32.8 Å². The molecule has 0 radical (unpaired) electrons. The molecule has 3 aromatic rings. The van der Waals surface area contributed by atoms with E-state index in [1.165, 1.54) is 0 Å². The Morgan fingerprint density at radius 1 is 0.964 bits per heavy atom. The highest BCUT2D eigenvalue weighted by Gasteiger charge is 2.18. The topological polar surface area (TPSA) is 104 Å². The van der Waals surface area contributed by atoms with Crippen molar-refractivity contribution in [3.05, 3.63) is 54.1 Å². The van der Waals surface area contributed by atoms with Gasteiger partial charge < -0.3 is 10.5 Å². The number of rotatable bonds is 5. The minimum absolute atomic E-state index is 0.0824. The molecule has 0 unspecified atom stereocenters. The normalized spacial score (nSPS) is 11.2. The Balaban J connectivity index is 1.81. The summed E-state index contributed by atoms with van der Waals surface area (Å²) >= 11 is 0. The Morgan fingerprint density at radius 3 is 2.25 bits per heavy atom. The summed E-state index contributed by atoms with van der Waals surface area (Å²) in [4.78, 5) is 12.1. The van der Waals surface area contributed by atoms with E-state index < -0.39 is 0 Å². The number of esters is 1. The summed E-state index contributed by atoms with van der Waals surface area (Å²) in [6, 6.07) is 14.8. The minimum atomic E-state index is -0.266. The lowest BCUT2D eigenvalue weighted by Gasteiger charge is -2.17. The van der Waals surface area contributed by atoms with Gasteiger partial charge in [-0.1, -0.05) is 51.1 Å². The molecule has 0 spiro atoms. The smallest absolute Gasteiger partial charge is 0.306 e. The van der Waals surface area contributed by atoms with E-state index in [9.17, 15) is 4.79 Å². The zero-order valence-corrected chi connectivity index (χ0v) is 16.2. The van der Waals surface area contributed by atoms with Gasteiger partial charge in [0.2, 0.25) is 11.6 Å². The highest BCUT2D eigenvalue weighted by molar-refractivity contribution is 5.71. The molecule has 28 heavy (non-hydrogen) atoms. The molecule has 2 aromatic carbocycles. The lowest BCUT2D eigenvalue weighted by atomic mass is 9.92. The number of anilines is 1. The van der Waals surface area contributed by atoms with Gasteiger partial charge in [-0.15, -0.1) is 20.4 Å². The predicted molar refractivity (Wildman–Crippen MR) is 107 cm³/mol. The van der Waals surface area contributed by atoms with Crippen LogP contribution in [0, 0.1) is 5.41 Å². The predicted octanol–water partition coefficient (Wildman–Crippen LogP) is 3.66. The van der Waals surface area contributed by atoms with Gasteiger partial charge in [0.25, 0.3) is 0 Å². The van der Waals surface area contributed by atoms with Crippen molar-refractivity contribution in [3.63, 3.8) is 0 Å². The number of carbonyl (C=O) groups excluding carboxylic acids is 1. The molecule has 0 amide bonds. The van der Waals surface area contributed by atoms with Crippen LogP contribution in [0.15, 0.2) is 48.5 Å². The third-order valence-electron chi connectivity index (χ3n) is 3.94. The van der Waals surface area contributed by atoms with Crippen LogP contribution in [-0.2, 0) is 16.1 Å². The van der Waals surface area contributed by atoms with Crippen LogP contribution >= 0.6 is 0 Å². The molecule has 0 aliphatic carbocycles. The van der Waals surface area contributed by atoms with E-state index in [1.54, 1.807) is 18.2 Å². The molecule has 7 nitrogen and oxygen atoms in total. The Labute approximate surface area is 164 Å². The SMILES string of the molecule is CC(C)(C)CC(=O)OCc1cc(N)ccc1-c1nnc(-c2ccccc2)nn1. The van der Waals surface area contributed by atoms with Crippen molar-refractivity contribution in [1.82, 2.24) is 20.4 Å². The molecule has 3 rings (SSSR count). The first-order chi connectivity index (χ1) is 13.3. The molecule has 0 aliphatic rings. The fraction of sp³-hybridized carbons (Fsp3) is 0.286. The lowest BCUT2D eigenvalue weighted by molar-refractivity contribution is -0.147. The number of nitrogens with two attached hydrogens (primary N) is 1. The zero-order valence-electron chi connectivity index (χ0n) is 16.2. The maximum atomic E-state index is 12.1. The van der Waals surface area contributed by atoms with Gasteiger partial charge in [0.05, 0.1) is 6.42 Å². The van der Waals surface area contributed by atoms with E-state index in [-0.39, 0.29) is 18.0 Å². The van der Waals surface area contributed by atoms with Gasteiger partial charge in [0.1, 0.15) is 6.61 Å². The number of ether oxygens (including phenoxy) is 1. The maximum absolute atomic E-state index is 12.1. The van der Waals surface area contributed by atoms with E-state index in [2.05, 4.69) is 20.4 Å². The van der Waals surface area contributed by atoms with Crippen molar-refractivity contribution in [2.75, 3.05) is 5.73 Å². The van der Waals surface area contributed by atoms with Crippen molar-refractivity contribution >= 4 is 11.7 Å². The summed E-state index contributed by atoms with van der Waals surface area (Å²) in [7, 11) is 0. The number of aromatic nitrogens is 4. The van der Waals surface area contributed by atoms with Gasteiger partial charge in [0.15, 0.2) is 0 Å². The van der Waals surface area contributed by atoms with Crippen LogP contribution in [0.5, 0.6) is 0 Å². The Hall–Kier alpha value is -3.35. The van der Waals surface area contributed by atoms with Gasteiger partial charge in [-0.05, 0) is 23.6 Å². The van der Waals surface area contributed by atoms with Crippen molar-refractivity contribution in [3.8, 4) is 22.8 Å². The second kappa shape index (κ2) is 8.12. The molecule has 0 aliphatic heterocycles. The summed E-state index contributed by atoms with van der Waals surface area (Å²) in [5.41, 5.74) is 8.55. The van der Waals surface area contributed by atoms with Crippen LogP contribution in [0.4, 0.5) is 5.69 Å². The molecule has 0 saturated carbocycles. The number of benzene rings is 2. The second-order valence-electron chi connectivity index (χ2n) is 7.73. The molecule has 0 bridgehead atoms. The first-order valence-corrected chi connectivity index (χ1v) is 8.99. The maximum Gasteiger partial charge on any atom is 0.306 e. The molecule has 0 atom stereocenters. The first-order valence-electron chi connectivity index (χ1n) is 8.99. The van der Waals surface area contributed by atoms with Gasteiger partial charge in [-0.2, -0.15) is 0 Å². The van der Waals surface area contributed by atoms with E-state index in [0.717, 1.165) is 5.56 Å². The van der Waals surface area contributed by atoms with Crippen molar-refractivity contribution in [2.45, 2.75) is 33.8 Å². The van der Waals surface area contributed by atoms with E-state index in [1.807, 2.05) is 51.1 Å². The third kappa shape index (κ3) is 5.09. The highest BCUT2D eigenvalue weighted by Crippen LogP contribution is 2.25. The Morgan fingerprint density at radius 2 is 1.61 bits per heavy atom. The van der Waals surface area contributed by atoms with Crippen LogP contribution in [-0.4, -0.2) is 26.4 Å². The molecule has 0 fully saturated rings. The quantitative estimate of drug-likeness (QED) is 0.534. The molecular weight excluding hydrogens is 354 g/mol. The average molecular weight is 377 g/mol. The largest absolute Gasteiger partial charge is 0.461 e. The van der Waals surface area contributed by atoms with Gasteiger partial charge in [0, 0.05) is 22.4 Å². The average Bonchev–Trinajstić information content (AvgIpc) is 2.66. The highest BCUT2D eigenvalue weighted by atomic mass is 16.5. The number of carbonyl (C=O) groups is 1. The molecule has 144 valence electrons. The van der Waals surface area contributed by atoms with E-state index >= 15 is 0 Å². The molecule has 2 N–H and O–H groups in total. The van der Waals surface area contributed by atoms with Crippen LogP contribution < -0.4 is 5.73 Å². The molecule has 1 heterocycles. The standard InChI is InChI=1S/C21H23N5O2/c1-21(2,3)12-18(27)28-13-15-11-16(22)9-10-17(15)20-25-23-19(24-26-20)14-7-5-4-6-8-14/h4-11H,12-13,22H2,1-3H3. The fourth-order valence-electron chi connectivity index (χ4n) is 2.63. The van der Waals surface area contributed by atoms with Crippen molar-refractivity contribution < 1.29 is 9.53 Å². The molecular formula is C21H23N5O2. The summed E-state index contributed by atoms with van der Waals surface area (Å²) in [6.45, 7) is 6.04. The lowest BCUT2D eigenvalue weighted by Crippen LogP contribution is -2.15. The van der Waals surface area contributed by atoms with Gasteiger partial charge in [-0.25, -0.2) is 0 Å². The van der Waals surface area contributed by atoms with E-state index in [4.69, 9.17) is 10.5 Å². The monoisotopic (exact) mass is 377 g/mol. The Kier molecular flexibility index (Phi) is 5.63. The number of nitrogens with zero attached hydrogens (tertiary/aromatic N) is 4. The van der Waals surface area contributed by atoms with Crippen molar-refractivity contribution in [2.24, 2.45) is 5.41 Å². The zero-order chi connectivity index (χ0) is 20.1. The molecule has 7 heteroatoms. The van der Waals surface area contributed by atoms with Crippen molar-refractivity contribution in [1.29, 1.82) is 0 Å². The molecule has 0 saturated heterocycles. The Bertz CT molecular complexity index is 951. The third-order valence-corrected chi connectivity index (χ3v) is 3.94. The summed E-state index contributed by atoms with van der Waals surface area (Å²) in [5.74, 6) is 0.525. The minimum Gasteiger partial charge on any atom is -0.461 e. The van der Waals surface area contributed by atoms with Crippen LogP contribution in [0.2, 0.25) is 0 Å². The summed E-state index contributed by atoms with van der Waals surface area (Å²) in [5, 5.41) is 16.7. The van der Waals surface area contributed by atoms with Gasteiger partial charge >= 0.3 is 5.97 Å². The number of nitrogen functional groups attached to an aromatic ring is 1.